The van der Waals surface area contributed by atoms with Crippen molar-refractivity contribution < 1.29 is 9.47 Å². The maximum atomic E-state index is 5.45. The van der Waals surface area contributed by atoms with Gasteiger partial charge in [0.15, 0.2) is 11.5 Å². The molecule has 0 saturated carbocycles. The van der Waals surface area contributed by atoms with Crippen LogP contribution in [-0.4, -0.2) is 16.2 Å². The van der Waals surface area contributed by atoms with E-state index in [1.54, 1.807) is 0 Å². The molecule has 1 aromatic carbocycles. The van der Waals surface area contributed by atoms with Gasteiger partial charge in [0, 0.05) is 11.3 Å². The molecule has 0 radical (unpaired) electrons. The minimum absolute atomic E-state index is 0.296. The number of hydrogen-bond donors (Lipinski definition) is 0. The second-order valence-corrected chi connectivity index (χ2v) is 5.08. The Labute approximate surface area is 116 Å². The maximum Gasteiger partial charge on any atom is 0.231 e. The lowest BCUT2D eigenvalue weighted by atomic mass is 10.1. The van der Waals surface area contributed by atoms with Gasteiger partial charge in [0.2, 0.25) is 6.79 Å². The highest BCUT2D eigenvalue weighted by molar-refractivity contribution is 5.68. The number of nitrogens with zero attached hydrogens (tertiary/aromatic N) is 2. The van der Waals surface area contributed by atoms with Crippen LogP contribution < -0.4 is 9.47 Å². The lowest BCUT2D eigenvalue weighted by molar-refractivity contribution is 0.174. The Kier molecular flexibility index (Phi) is 2.27. The molecule has 3 heterocycles. The molecule has 0 amide bonds. The Morgan fingerprint density at radius 1 is 1.05 bits per heavy atom. The number of fused-ring (bicyclic) bond motifs is 2. The normalized spacial score (nSPS) is 13.1. The molecule has 4 heteroatoms. The van der Waals surface area contributed by atoms with Crippen LogP contribution in [0.5, 0.6) is 11.5 Å². The molecule has 0 atom stereocenters. The fourth-order valence-electron chi connectivity index (χ4n) is 2.74. The third kappa shape index (κ3) is 1.58. The summed E-state index contributed by atoms with van der Waals surface area (Å²) in [5, 5.41) is 0. The average Bonchev–Trinajstić information content (AvgIpc) is 3.03. The molecule has 0 fully saturated rings. The van der Waals surface area contributed by atoms with Crippen molar-refractivity contribution in [3.05, 3.63) is 47.8 Å². The Bertz CT molecular complexity index is 821. The van der Waals surface area contributed by atoms with Gasteiger partial charge in [0.1, 0.15) is 5.65 Å². The van der Waals surface area contributed by atoms with Gasteiger partial charge in [-0.25, -0.2) is 4.98 Å². The van der Waals surface area contributed by atoms with Gasteiger partial charge in [-0.15, -0.1) is 0 Å². The largest absolute Gasteiger partial charge is 0.454 e. The highest BCUT2D eigenvalue weighted by Gasteiger charge is 2.16. The Hall–Kier alpha value is -2.49. The van der Waals surface area contributed by atoms with E-state index < -0.39 is 0 Å². The van der Waals surface area contributed by atoms with Crippen molar-refractivity contribution in [3.8, 4) is 22.8 Å². The number of benzene rings is 1. The highest BCUT2D eigenvalue weighted by atomic mass is 16.7. The molecule has 2 aromatic heterocycles. The zero-order chi connectivity index (χ0) is 13.7. The fraction of sp³-hybridized carbons (Fsp3) is 0.188. The quantitative estimate of drug-likeness (QED) is 0.677. The Morgan fingerprint density at radius 3 is 2.80 bits per heavy atom. The van der Waals surface area contributed by atoms with Gasteiger partial charge in [-0.1, -0.05) is 0 Å². The summed E-state index contributed by atoms with van der Waals surface area (Å²) < 4.78 is 13.0. The Balaban J connectivity index is 1.94. The molecule has 0 spiro atoms. The van der Waals surface area contributed by atoms with E-state index in [0.29, 0.717) is 6.79 Å². The second kappa shape index (κ2) is 4.00. The van der Waals surface area contributed by atoms with Crippen molar-refractivity contribution in [2.75, 3.05) is 6.79 Å². The molecule has 0 N–H and O–H groups in total. The van der Waals surface area contributed by atoms with Gasteiger partial charge in [-0.05, 0) is 49.7 Å². The van der Waals surface area contributed by atoms with E-state index in [9.17, 15) is 0 Å². The molecule has 0 unspecified atom stereocenters. The van der Waals surface area contributed by atoms with Gasteiger partial charge in [-0.3, -0.25) is 4.40 Å². The number of imidazole rings is 1. The number of ether oxygens (including phenoxy) is 2. The molecule has 1 aliphatic rings. The standard InChI is InChI=1S/C16H14N2O2/c1-10-5-11(2)18-13(8-17-16(18)6-10)12-3-4-14-15(7-12)20-9-19-14/h3-8H,9H2,1-2H3. The van der Waals surface area contributed by atoms with Crippen LogP contribution >= 0.6 is 0 Å². The summed E-state index contributed by atoms with van der Waals surface area (Å²) in [6, 6.07) is 10.2. The SMILES string of the molecule is Cc1cc(C)n2c(-c3ccc4c(c3)OCO4)cnc2c1. The Morgan fingerprint density at radius 2 is 1.90 bits per heavy atom. The number of hydrogen-bond acceptors (Lipinski definition) is 3. The summed E-state index contributed by atoms with van der Waals surface area (Å²) in [6.45, 7) is 4.48. The zero-order valence-electron chi connectivity index (χ0n) is 11.4. The minimum atomic E-state index is 0.296. The first-order valence-corrected chi connectivity index (χ1v) is 6.57. The molecule has 0 aliphatic carbocycles. The van der Waals surface area contributed by atoms with E-state index in [1.807, 2.05) is 24.4 Å². The third-order valence-corrected chi connectivity index (χ3v) is 3.60. The molecular weight excluding hydrogens is 252 g/mol. The van der Waals surface area contributed by atoms with Crippen molar-refractivity contribution in [1.82, 2.24) is 9.38 Å². The van der Waals surface area contributed by atoms with Crippen LogP contribution in [0.2, 0.25) is 0 Å². The molecule has 100 valence electrons. The van der Waals surface area contributed by atoms with Crippen LogP contribution in [0.1, 0.15) is 11.3 Å². The number of aryl methyl sites for hydroxylation is 2. The van der Waals surface area contributed by atoms with Crippen LogP contribution in [0.15, 0.2) is 36.5 Å². The summed E-state index contributed by atoms with van der Waals surface area (Å²) in [6.07, 6.45) is 1.90. The molecule has 4 rings (SSSR count). The lowest BCUT2D eigenvalue weighted by Crippen LogP contribution is -1.95. The van der Waals surface area contributed by atoms with E-state index in [-0.39, 0.29) is 0 Å². The van der Waals surface area contributed by atoms with Crippen molar-refractivity contribution in [2.24, 2.45) is 0 Å². The first-order valence-electron chi connectivity index (χ1n) is 6.57. The van der Waals surface area contributed by atoms with E-state index in [4.69, 9.17) is 9.47 Å². The molecule has 1 aliphatic heterocycles. The molecule has 3 aromatic rings. The molecule has 0 saturated heterocycles. The first kappa shape index (κ1) is 11.3. The number of aromatic nitrogens is 2. The average molecular weight is 266 g/mol. The fourth-order valence-corrected chi connectivity index (χ4v) is 2.74. The number of rotatable bonds is 1. The van der Waals surface area contributed by atoms with Crippen molar-refractivity contribution in [2.45, 2.75) is 13.8 Å². The van der Waals surface area contributed by atoms with Crippen molar-refractivity contribution >= 4 is 5.65 Å². The van der Waals surface area contributed by atoms with Crippen LogP contribution in [-0.2, 0) is 0 Å². The topological polar surface area (TPSA) is 35.8 Å². The summed E-state index contributed by atoms with van der Waals surface area (Å²) in [7, 11) is 0. The minimum Gasteiger partial charge on any atom is -0.454 e. The summed E-state index contributed by atoms with van der Waals surface area (Å²) in [5.74, 6) is 1.59. The van der Waals surface area contributed by atoms with E-state index in [1.165, 1.54) is 11.3 Å². The maximum absolute atomic E-state index is 5.45. The van der Waals surface area contributed by atoms with Gasteiger partial charge >= 0.3 is 0 Å². The van der Waals surface area contributed by atoms with Gasteiger partial charge in [0.05, 0.1) is 11.9 Å². The second-order valence-electron chi connectivity index (χ2n) is 5.08. The molecule has 20 heavy (non-hydrogen) atoms. The van der Waals surface area contributed by atoms with Crippen LogP contribution in [0, 0.1) is 13.8 Å². The lowest BCUT2D eigenvalue weighted by Gasteiger charge is -2.07. The van der Waals surface area contributed by atoms with Crippen molar-refractivity contribution in [3.63, 3.8) is 0 Å². The smallest absolute Gasteiger partial charge is 0.231 e. The van der Waals surface area contributed by atoms with Gasteiger partial charge in [0.25, 0.3) is 0 Å². The van der Waals surface area contributed by atoms with Gasteiger partial charge < -0.3 is 9.47 Å². The van der Waals surface area contributed by atoms with Crippen LogP contribution in [0.25, 0.3) is 16.9 Å². The molecular formula is C16H14N2O2. The summed E-state index contributed by atoms with van der Waals surface area (Å²) in [5.41, 5.74) is 5.50. The number of pyridine rings is 1. The van der Waals surface area contributed by atoms with E-state index >= 15 is 0 Å². The monoisotopic (exact) mass is 266 g/mol. The van der Waals surface area contributed by atoms with Crippen LogP contribution in [0.4, 0.5) is 0 Å². The summed E-state index contributed by atoms with van der Waals surface area (Å²) >= 11 is 0. The van der Waals surface area contributed by atoms with Gasteiger partial charge in [-0.2, -0.15) is 0 Å². The predicted octanol–water partition coefficient (Wildman–Crippen LogP) is 3.35. The zero-order valence-corrected chi connectivity index (χ0v) is 11.4. The molecule has 4 nitrogen and oxygen atoms in total. The van der Waals surface area contributed by atoms with Crippen molar-refractivity contribution in [1.29, 1.82) is 0 Å². The van der Waals surface area contributed by atoms with E-state index in [0.717, 1.165) is 28.4 Å². The highest BCUT2D eigenvalue weighted by Crippen LogP contribution is 2.36. The first-order chi connectivity index (χ1) is 9.72. The molecule has 0 bridgehead atoms. The van der Waals surface area contributed by atoms with Crippen LogP contribution in [0.3, 0.4) is 0 Å². The predicted molar refractivity (Wildman–Crippen MR) is 76.2 cm³/mol. The third-order valence-electron chi connectivity index (χ3n) is 3.60. The van der Waals surface area contributed by atoms with E-state index in [2.05, 4.69) is 35.4 Å². The summed E-state index contributed by atoms with van der Waals surface area (Å²) in [4.78, 5) is 4.50.